The van der Waals surface area contributed by atoms with E-state index in [-0.39, 0.29) is 17.5 Å². The third-order valence-electron chi connectivity index (χ3n) is 6.55. The van der Waals surface area contributed by atoms with Crippen molar-refractivity contribution in [2.24, 2.45) is 12.5 Å². The average Bonchev–Trinajstić information content (AvgIpc) is 3.39. The second kappa shape index (κ2) is 9.30. The van der Waals surface area contributed by atoms with Crippen LogP contribution in [0.1, 0.15) is 43.9 Å². The Labute approximate surface area is 185 Å². The zero-order valence-corrected chi connectivity index (χ0v) is 19.0. The highest BCUT2D eigenvalue weighted by molar-refractivity contribution is 5.74. The van der Waals surface area contributed by atoms with Crippen LogP contribution in [0, 0.1) is 5.41 Å². The summed E-state index contributed by atoms with van der Waals surface area (Å²) in [7, 11) is 4.10. The number of hydrogen-bond donors (Lipinski definition) is 1. The Morgan fingerprint density at radius 2 is 2.03 bits per heavy atom. The lowest BCUT2D eigenvalue weighted by atomic mass is 9.88. The van der Waals surface area contributed by atoms with Crippen molar-refractivity contribution in [2.45, 2.75) is 51.7 Å². The minimum atomic E-state index is -0.00205. The summed E-state index contributed by atoms with van der Waals surface area (Å²) in [6.07, 6.45) is 6.35. The lowest BCUT2D eigenvalue weighted by molar-refractivity contribution is 0.0669. The van der Waals surface area contributed by atoms with Crippen LogP contribution < -0.4 is 10.1 Å². The van der Waals surface area contributed by atoms with E-state index in [0.717, 1.165) is 49.5 Å². The van der Waals surface area contributed by atoms with Gasteiger partial charge in [0.05, 0.1) is 18.8 Å². The van der Waals surface area contributed by atoms with Crippen molar-refractivity contribution in [1.29, 1.82) is 0 Å². The van der Waals surface area contributed by atoms with Crippen LogP contribution >= 0.6 is 0 Å². The van der Waals surface area contributed by atoms with Crippen molar-refractivity contribution in [3.8, 4) is 5.75 Å². The molecule has 1 aliphatic carbocycles. The van der Waals surface area contributed by atoms with E-state index in [1.54, 1.807) is 4.68 Å². The van der Waals surface area contributed by atoms with E-state index in [0.29, 0.717) is 13.1 Å². The first kappa shape index (κ1) is 21.7. The predicted octanol–water partition coefficient (Wildman–Crippen LogP) is 3.41. The maximum absolute atomic E-state index is 13.4. The van der Waals surface area contributed by atoms with Crippen LogP contribution in [0.2, 0.25) is 0 Å². The maximum atomic E-state index is 13.4. The molecule has 0 unspecified atom stereocenters. The topological polar surface area (TPSA) is 62.6 Å². The molecule has 1 N–H and O–H groups in total. The van der Waals surface area contributed by atoms with Gasteiger partial charge in [0.2, 0.25) is 0 Å². The first-order chi connectivity index (χ1) is 15.0. The number of ether oxygens (including phenoxy) is 1. The molecule has 31 heavy (non-hydrogen) atoms. The number of likely N-dealkylation sites (tertiary alicyclic amines) is 1. The number of nitrogens with zero attached hydrogens (tertiary/aromatic N) is 4. The van der Waals surface area contributed by atoms with Gasteiger partial charge in [0, 0.05) is 37.8 Å². The van der Waals surface area contributed by atoms with E-state index in [1.807, 2.05) is 48.5 Å². The summed E-state index contributed by atoms with van der Waals surface area (Å²) < 4.78 is 7.45. The largest absolute Gasteiger partial charge is 0.494 e. The van der Waals surface area contributed by atoms with Gasteiger partial charge in [0.15, 0.2) is 0 Å². The highest BCUT2D eigenvalue weighted by Crippen LogP contribution is 2.54. The van der Waals surface area contributed by atoms with Gasteiger partial charge in [0.1, 0.15) is 5.75 Å². The molecule has 1 spiro atoms. The Kier molecular flexibility index (Phi) is 6.51. The van der Waals surface area contributed by atoms with Gasteiger partial charge in [-0.15, -0.1) is 0 Å². The minimum absolute atomic E-state index is 0.00205. The monoisotopic (exact) mass is 425 g/mol. The van der Waals surface area contributed by atoms with Gasteiger partial charge in [-0.25, -0.2) is 4.79 Å². The predicted molar refractivity (Wildman–Crippen MR) is 121 cm³/mol. The molecule has 2 amide bonds. The number of rotatable bonds is 8. The highest BCUT2D eigenvalue weighted by atomic mass is 16.5. The van der Waals surface area contributed by atoms with Crippen molar-refractivity contribution in [2.75, 3.05) is 26.7 Å². The second-order valence-electron chi connectivity index (χ2n) is 9.16. The summed E-state index contributed by atoms with van der Waals surface area (Å²) in [4.78, 5) is 17.8. The zero-order valence-electron chi connectivity index (χ0n) is 19.0. The van der Waals surface area contributed by atoms with Gasteiger partial charge in [-0.3, -0.25) is 4.68 Å². The summed E-state index contributed by atoms with van der Waals surface area (Å²) in [6.45, 7) is 5.96. The zero-order chi connectivity index (χ0) is 21.8. The Hall–Kier alpha value is -2.54. The molecule has 0 bridgehead atoms. The van der Waals surface area contributed by atoms with Gasteiger partial charge in [-0.2, -0.15) is 5.10 Å². The smallest absolute Gasteiger partial charge is 0.318 e. The Balaban J connectivity index is 1.44. The third kappa shape index (κ3) is 5.21. The molecule has 168 valence electrons. The Morgan fingerprint density at radius 3 is 2.68 bits per heavy atom. The average molecular weight is 426 g/mol. The fourth-order valence-corrected chi connectivity index (χ4v) is 4.76. The summed E-state index contributed by atoms with van der Waals surface area (Å²) >= 11 is 0. The number of aromatic nitrogens is 2. The van der Waals surface area contributed by atoms with Gasteiger partial charge in [-0.05, 0) is 63.0 Å². The second-order valence-corrected chi connectivity index (χ2v) is 9.16. The van der Waals surface area contributed by atoms with E-state index in [9.17, 15) is 4.79 Å². The summed E-state index contributed by atoms with van der Waals surface area (Å²) in [5.74, 6) is 0.871. The van der Waals surface area contributed by atoms with E-state index in [1.165, 1.54) is 12.8 Å². The van der Waals surface area contributed by atoms with Crippen LogP contribution in [-0.4, -0.2) is 58.4 Å². The number of carbonyl (C=O) groups is 1. The van der Waals surface area contributed by atoms with E-state index >= 15 is 0 Å². The summed E-state index contributed by atoms with van der Waals surface area (Å²) in [6, 6.07) is 10.2. The van der Waals surface area contributed by atoms with Crippen molar-refractivity contribution < 1.29 is 9.53 Å². The van der Waals surface area contributed by atoms with Gasteiger partial charge < -0.3 is 19.9 Å². The molecule has 1 saturated heterocycles. The van der Waals surface area contributed by atoms with Gasteiger partial charge in [-0.1, -0.05) is 19.1 Å². The van der Waals surface area contributed by atoms with Crippen LogP contribution in [0.4, 0.5) is 4.79 Å². The lowest BCUT2D eigenvalue weighted by Crippen LogP contribution is -2.55. The molecule has 0 radical (unpaired) electrons. The maximum Gasteiger partial charge on any atom is 0.318 e. The van der Waals surface area contributed by atoms with Crippen LogP contribution in [0.15, 0.2) is 36.5 Å². The molecular formula is C24H35N5O2. The molecule has 1 atom stereocenters. The third-order valence-corrected chi connectivity index (χ3v) is 6.55. The fourth-order valence-electron chi connectivity index (χ4n) is 4.76. The van der Waals surface area contributed by atoms with Crippen LogP contribution in [0.3, 0.4) is 0 Å². The number of urea groups is 1. The van der Waals surface area contributed by atoms with Gasteiger partial charge in [0.25, 0.3) is 0 Å². The Morgan fingerprint density at radius 1 is 1.26 bits per heavy atom. The lowest BCUT2D eigenvalue weighted by Gasteiger charge is -2.43. The minimum Gasteiger partial charge on any atom is -0.494 e. The number of aryl methyl sites for hydroxylation is 1. The standard InChI is InChI=1S/C24H35N5O2/c1-4-15-31-21-7-5-19(6-8-21)16-25-23(30)29(17-20-9-14-28(3)26-20)22-10-13-27(2)18-24(22)11-12-24/h5-9,14,22H,4,10-13,15-18H2,1-3H3,(H,25,30)/t22-/m0/s1. The fraction of sp³-hybridized carbons (Fsp3) is 0.583. The molecule has 1 aromatic carbocycles. The van der Waals surface area contributed by atoms with Crippen LogP contribution in [0.5, 0.6) is 5.75 Å². The van der Waals surface area contributed by atoms with Crippen molar-refractivity contribution in [3.05, 3.63) is 47.8 Å². The highest BCUT2D eigenvalue weighted by Gasteiger charge is 2.54. The number of amides is 2. The van der Waals surface area contributed by atoms with Crippen LogP contribution in [0.25, 0.3) is 0 Å². The number of benzene rings is 1. The quantitative estimate of drug-likeness (QED) is 0.704. The summed E-state index contributed by atoms with van der Waals surface area (Å²) in [5, 5.41) is 7.69. The normalized spacial score (nSPS) is 19.9. The SMILES string of the molecule is CCCOc1ccc(CNC(=O)N(Cc2ccn(C)n2)[C@H]2CCN(C)CC23CC3)cc1. The number of nitrogens with one attached hydrogen (secondary N) is 1. The van der Waals surface area contributed by atoms with E-state index in [2.05, 4.69) is 29.3 Å². The van der Waals surface area contributed by atoms with E-state index < -0.39 is 0 Å². The molecule has 2 heterocycles. The molecule has 4 rings (SSSR count). The number of hydrogen-bond acceptors (Lipinski definition) is 4. The van der Waals surface area contributed by atoms with Crippen LogP contribution in [-0.2, 0) is 20.1 Å². The first-order valence-electron chi connectivity index (χ1n) is 11.4. The molecule has 2 aromatic rings. The number of piperidine rings is 1. The molecule has 2 aliphatic rings. The molecule has 1 aliphatic heterocycles. The molecule has 1 aromatic heterocycles. The molecule has 2 fully saturated rings. The van der Waals surface area contributed by atoms with E-state index in [4.69, 9.17) is 4.74 Å². The molecule has 1 saturated carbocycles. The first-order valence-corrected chi connectivity index (χ1v) is 11.4. The molecular weight excluding hydrogens is 390 g/mol. The Bertz CT molecular complexity index is 874. The van der Waals surface area contributed by atoms with Crippen molar-refractivity contribution >= 4 is 6.03 Å². The van der Waals surface area contributed by atoms with Gasteiger partial charge >= 0.3 is 6.03 Å². The number of carbonyl (C=O) groups excluding carboxylic acids is 1. The molecule has 7 heteroatoms. The summed E-state index contributed by atoms with van der Waals surface area (Å²) in [5.41, 5.74) is 2.25. The van der Waals surface area contributed by atoms with Crippen molar-refractivity contribution in [3.63, 3.8) is 0 Å². The van der Waals surface area contributed by atoms with Crippen molar-refractivity contribution in [1.82, 2.24) is 24.9 Å². The molecule has 7 nitrogen and oxygen atoms in total.